The molecule has 2 N–H and O–H groups in total. The van der Waals surface area contributed by atoms with Crippen molar-refractivity contribution in [3.05, 3.63) is 51.6 Å². The molecule has 2 rings (SSSR count). The maximum atomic E-state index is 12.5. The van der Waals surface area contributed by atoms with Gasteiger partial charge in [-0.3, -0.25) is 14.9 Å². The number of amides is 1. The average molecular weight is 376 g/mol. The number of hydrogen-bond donors (Lipinski definition) is 2. The van der Waals surface area contributed by atoms with Crippen LogP contribution in [0.15, 0.2) is 30.3 Å². The number of carbonyl (C=O) groups excluding carboxylic acids is 2. The Labute approximate surface area is 153 Å². The van der Waals surface area contributed by atoms with Crippen LogP contribution in [0.25, 0.3) is 0 Å². The number of benzene rings is 2. The number of anilines is 1. The van der Waals surface area contributed by atoms with Crippen molar-refractivity contribution >= 4 is 23.3 Å². The second-order valence-electron chi connectivity index (χ2n) is 5.16. The fourth-order valence-corrected chi connectivity index (χ4v) is 2.27. The second kappa shape index (κ2) is 8.04. The third-order valence-corrected chi connectivity index (χ3v) is 3.61. The van der Waals surface area contributed by atoms with Gasteiger partial charge in [-0.05, 0) is 18.2 Å². The molecule has 10 heteroatoms. The van der Waals surface area contributed by atoms with Crippen LogP contribution in [0.5, 0.6) is 17.2 Å². The molecule has 0 spiro atoms. The van der Waals surface area contributed by atoms with Crippen LogP contribution in [0.4, 0.5) is 11.4 Å². The van der Waals surface area contributed by atoms with Crippen LogP contribution in [-0.4, -0.2) is 43.2 Å². The van der Waals surface area contributed by atoms with Gasteiger partial charge in [-0.15, -0.1) is 0 Å². The van der Waals surface area contributed by atoms with Crippen LogP contribution in [0.1, 0.15) is 20.7 Å². The first-order valence-corrected chi connectivity index (χ1v) is 7.45. The van der Waals surface area contributed by atoms with Crippen LogP contribution in [0, 0.1) is 10.1 Å². The van der Waals surface area contributed by atoms with E-state index in [2.05, 4.69) is 10.1 Å². The molecular weight excluding hydrogens is 360 g/mol. The maximum Gasteiger partial charge on any atom is 0.337 e. The lowest BCUT2D eigenvalue weighted by Gasteiger charge is -2.12. The molecule has 0 unspecified atom stereocenters. The van der Waals surface area contributed by atoms with E-state index >= 15 is 0 Å². The number of carbonyl (C=O) groups is 2. The first kappa shape index (κ1) is 19.5. The van der Waals surface area contributed by atoms with Gasteiger partial charge in [-0.2, -0.15) is 0 Å². The van der Waals surface area contributed by atoms with Gasteiger partial charge in [0.05, 0.1) is 43.6 Å². The zero-order chi connectivity index (χ0) is 20.1. The molecule has 0 saturated heterocycles. The molecule has 0 aliphatic carbocycles. The highest BCUT2D eigenvalue weighted by atomic mass is 16.6. The monoisotopic (exact) mass is 376 g/mol. The number of nitrogens with zero attached hydrogens (tertiary/aromatic N) is 1. The van der Waals surface area contributed by atoms with Gasteiger partial charge >= 0.3 is 5.97 Å². The smallest absolute Gasteiger partial charge is 0.337 e. The summed E-state index contributed by atoms with van der Waals surface area (Å²) >= 11 is 0. The number of esters is 1. The van der Waals surface area contributed by atoms with Crippen molar-refractivity contribution in [3.8, 4) is 17.2 Å². The summed E-state index contributed by atoms with van der Waals surface area (Å²) < 4.78 is 14.6. The van der Waals surface area contributed by atoms with Gasteiger partial charge < -0.3 is 24.6 Å². The summed E-state index contributed by atoms with van der Waals surface area (Å²) in [5.74, 6) is -1.72. The molecule has 2 aromatic rings. The number of nitro groups is 1. The van der Waals surface area contributed by atoms with E-state index in [-0.39, 0.29) is 28.3 Å². The van der Waals surface area contributed by atoms with Crippen molar-refractivity contribution in [2.24, 2.45) is 0 Å². The van der Waals surface area contributed by atoms with Crippen molar-refractivity contribution in [1.29, 1.82) is 0 Å². The number of aromatic hydroxyl groups is 1. The number of methoxy groups -OCH3 is 3. The van der Waals surface area contributed by atoms with Crippen molar-refractivity contribution in [1.82, 2.24) is 0 Å². The summed E-state index contributed by atoms with van der Waals surface area (Å²) in [4.78, 5) is 34.5. The number of phenolic OH excluding ortho intramolecular Hbond substituents is 1. The van der Waals surface area contributed by atoms with E-state index < -0.39 is 28.2 Å². The van der Waals surface area contributed by atoms with E-state index in [4.69, 9.17) is 9.47 Å². The Morgan fingerprint density at radius 2 is 1.70 bits per heavy atom. The minimum absolute atomic E-state index is 0.0447. The Morgan fingerprint density at radius 1 is 1.07 bits per heavy atom. The number of ether oxygens (including phenoxy) is 3. The third kappa shape index (κ3) is 4.06. The van der Waals surface area contributed by atoms with E-state index in [0.717, 1.165) is 18.2 Å². The van der Waals surface area contributed by atoms with Crippen molar-refractivity contribution in [2.45, 2.75) is 0 Å². The summed E-state index contributed by atoms with van der Waals surface area (Å²) in [5.41, 5.74) is -0.772. The minimum Gasteiger partial charge on any atom is -0.506 e. The Balaban J connectivity index is 2.41. The predicted octanol–water partition coefficient (Wildman–Crippen LogP) is 2.36. The largest absolute Gasteiger partial charge is 0.506 e. The predicted molar refractivity (Wildman–Crippen MR) is 93.6 cm³/mol. The van der Waals surface area contributed by atoms with Gasteiger partial charge in [-0.1, -0.05) is 0 Å². The van der Waals surface area contributed by atoms with Crippen LogP contribution >= 0.6 is 0 Å². The van der Waals surface area contributed by atoms with Crippen LogP contribution in [0.2, 0.25) is 0 Å². The fraction of sp³-hybridized carbons (Fsp3) is 0.176. The molecule has 1 amide bonds. The quantitative estimate of drug-likeness (QED) is 0.339. The van der Waals surface area contributed by atoms with Gasteiger partial charge in [0.2, 0.25) is 0 Å². The first-order valence-electron chi connectivity index (χ1n) is 7.45. The molecule has 2 aromatic carbocycles. The molecule has 142 valence electrons. The fourth-order valence-electron chi connectivity index (χ4n) is 2.27. The lowest BCUT2D eigenvalue weighted by Crippen LogP contribution is -2.15. The Hall–Kier alpha value is -3.82. The molecule has 0 radical (unpaired) electrons. The molecule has 0 bridgehead atoms. The molecular formula is C17H16N2O8. The zero-order valence-corrected chi connectivity index (χ0v) is 14.6. The van der Waals surface area contributed by atoms with E-state index in [1.54, 1.807) is 0 Å². The third-order valence-electron chi connectivity index (χ3n) is 3.61. The lowest BCUT2D eigenvalue weighted by molar-refractivity contribution is -0.385. The van der Waals surface area contributed by atoms with E-state index in [1.807, 2.05) is 0 Å². The summed E-state index contributed by atoms with van der Waals surface area (Å²) in [6.45, 7) is 0. The molecule has 0 aromatic heterocycles. The molecule has 27 heavy (non-hydrogen) atoms. The molecule has 0 saturated carbocycles. The van der Waals surface area contributed by atoms with Gasteiger partial charge in [0, 0.05) is 6.07 Å². The van der Waals surface area contributed by atoms with Gasteiger partial charge in [0.1, 0.15) is 11.3 Å². The van der Waals surface area contributed by atoms with Crippen LogP contribution in [0.3, 0.4) is 0 Å². The van der Waals surface area contributed by atoms with Crippen LogP contribution < -0.4 is 14.8 Å². The van der Waals surface area contributed by atoms with Gasteiger partial charge in [0.15, 0.2) is 11.5 Å². The summed E-state index contributed by atoms with van der Waals surface area (Å²) in [6.07, 6.45) is 0. The summed E-state index contributed by atoms with van der Waals surface area (Å²) in [6, 6.07) is 5.92. The highest BCUT2D eigenvalue weighted by Crippen LogP contribution is 2.35. The number of hydrogen-bond acceptors (Lipinski definition) is 8. The molecule has 10 nitrogen and oxygen atoms in total. The second-order valence-corrected chi connectivity index (χ2v) is 5.16. The molecule has 0 fully saturated rings. The van der Waals surface area contributed by atoms with E-state index in [0.29, 0.717) is 0 Å². The van der Waals surface area contributed by atoms with E-state index in [9.17, 15) is 24.8 Å². The Kier molecular flexibility index (Phi) is 5.81. The first-order chi connectivity index (χ1) is 12.8. The highest BCUT2D eigenvalue weighted by Gasteiger charge is 2.25. The average Bonchev–Trinajstić information content (AvgIpc) is 2.67. The summed E-state index contributed by atoms with van der Waals surface area (Å²) in [5, 5.41) is 23.6. The number of nitro benzene ring substituents is 1. The lowest BCUT2D eigenvalue weighted by atomic mass is 10.1. The zero-order valence-electron chi connectivity index (χ0n) is 14.6. The Bertz CT molecular complexity index is 910. The summed E-state index contributed by atoms with van der Waals surface area (Å²) in [7, 11) is 3.82. The topological polar surface area (TPSA) is 137 Å². The molecule has 0 aliphatic rings. The highest BCUT2D eigenvalue weighted by molar-refractivity contribution is 6.08. The molecule has 0 heterocycles. The van der Waals surface area contributed by atoms with Crippen molar-refractivity contribution in [2.75, 3.05) is 26.6 Å². The maximum absolute atomic E-state index is 12.5. The standard InChI is InChI=1S/C17H16N2O8/c1-25-14-7-10(12(19(23)24)8-15(14)26-2)16(21)18-11-5-4-9(6-13(11)20)17(22)27-3/h4-8,20H,1-3H3,(H,18,21). The van der Waals surface area contributed by atoms with Gasteiger partial charge in [0.25, 0.3) is 11.6 Å². The van der Waals surface area contributed by atoms with Crippen molar-refractivity contribution < 1.29 is 33.8 Å². The van der Waals surface area contributed by atoms with Crippen LogP contribution in [-0.2, 0) is 4.74 Å². The number of phenols is 1. The normalized spacial score (nSPS) is 10.0. The van der Waals surface area contributed by atoms with Gasteiger partial charge in [-0.25, -0.2) is 4.79 Å². The van der Waals surface area contributed by atoms with Crippen molar-refractivity contribution in [3.63, 3.8) is 0 Å². The Morgan fingerprint density at radius 3 is 2.22 bits per heavy atom. The number of rotatable bonds is 6. The molecule has 0 aliphatic heterocycles. The SMILES string of the molecule is COC(=O)c1ccc(NC(=O)c2cc(OC)c(OC)cc2[N+](=O)[O-])c(O)c1. The van der Waals surface area contributed by atoms with E-state index in [1.165, 1.54) is 33.5 Å². The number of nitrogens with one attached hydrogen (secondary N) is 1. The molecule has 0 atom stereocenters. The minimum atomic E-state index is -0.858.